The first kappa shape index (κ1) is 13.2. The fourth-order valence-corrected chi connectivity index (χ4v) is 2.91. The maximum absolute atomic E-state index is 11.0. The first-order chi connectivity index (χ1) is 9.72. The lowest BCUT2D eigenvalue weighted by Crippen LogP contribution is -2.36. The van der Waals surface area contributed by atoms with Crippen molar-refractivity contribution >= 4 is 5.97 Å². The second kappa shape index (κ2) is 5.71. The number of carboxylic acids is 1. The van der Waals surface area contributed by atoms with Crippen LogP contribution in [0.25, 0.3) is 0 Å². The molecule has 3 rings (SSSR count). The number of hydrogen-bond donors (Lipinski definition) is 2. The van der Waals surface area contributed by atoms with Crippen LogP contribution in [-0.4, -0.2) is 23.9 Å². The van der Waals surface area contributed by atoms with Crippen molar-refractivity contribution in [3.8, 4) is 11.5 Å². The summed E-state index contributed by atoms with van der Waals surface area (Å²) in [4.78, 5) is 11.0. The highest BCUT2D eigenvalue weighted by Gasteiger charge is 2.26. The minimum Gasteiger partial charge on any atom is -0.481 e. The summed E-state index contributed by atoms with van der Waals surface area (Å²) >= 11 is 0. The average molecular weight is 277 g/mol. The van der Waals surface area contributed by atoms with E-state index in [0.717, 1.165) is 49.3 Å². The number of carbonyl (C=O) groups is 1. The highest BCUT2D eigenvalue weighted by molar-refractivity contribution is 5.70. The molecule has 2 atom stereocenters. The van der Waals surface area contributed by atoms with Crippen molar-refractivity contribution in [3.63, 3.8) is 0 Å². The van der Waals surface area contributed by atoms with Gasteiger partial charge in [-0.05, 0) is 37.0 Å². The Kier molecular flexibility index (Phi) is 3.78. The van der Waals surface area contributed by atoms with Crippen LogP contribution in [0.5, 0.6) is 11.5 Å². The molecular formula is C15H19NO4. The minimum absolute atomic E-state index is 0.196. The number of carboxylic acid groups (broad SMARTS) is 1. The van der Waals surface area contributed by atoms with Gasteiger partial charge >= 0.3 is 5.97 Å². The number of rotatable bonds is 4. The van der Waals surface area contributed by atoms with Crippen LogP contribution in [0.2, 0.25) is 0 Å². The molecule has 1 aliphatic carbocycles. The van der Waals surface area contributed by atoms with Crippen LogP contribution in [0.4, 0.5) is 0 Å². The molecule has 1 fully saturated rings. The lowest BCUT2D eigenvalue weighted by Gasteiger charge is -2.27. The molecule has 0 aromatic heterocycles. The summed E-state index contributed by atoms with van der Waals surface area (Å²) in [6.07, 6.45) is 3.56. The van der Waals surface area contributed by atoms with Crippen molar-refractivity contribution in [3.05, 3.63) is 23.8 Å². The summed E-state index contributed by atoms with van der Waals surface area (Å²) in [5, 5.41) is 12.5. The topological polar surface area (TPSA) is 67.8 Å². The van der Waals surface area contributed by atoms with Gasteiger partial charge in [0.1, 0.15) is 0 Å². The fraction of sp³-hybridized carbons (Fsp3) is 0.533. The van der Waals surface area contributed by atoms with E-state index >= 15 is 0 Å². The number of fused-ring (bicyclic) bond motifs is 1. The molecule has 1 aromatic rings. The van der Waals surface area contributed by atoms with Gasteiger partial charge in [0.25, 0.3) is 0 Å². The third-order valence-electron chi connectivity index (χ3n) is 4.06. The lowest BCUT2D eigenvalue weighted by molar-refractivity contribution is -0.143. The number of nitrogens with one attached hydrogen (secondary N) is 1. The Morgan fingerprint density at radius 1 is 1.30 bits per heavy atom. The summed E-state index contributed by atoms with van der Waals surface area (Å²) in [6.45, 7) is 1.02. The summed E-state index contributed by atoms with van der Waals surface area (Å²) in [5.74, 6) is 0.714. The first-order valence-corrected chi connectivity index (χ1v) is 7.07. The Bertz CT molecular complexity index is 503. The minimum atomic E-state index is -0.667. The van der Waals surface area contributed by atoms with Crippen LogP contribution in [0.15, 0.2) is 18.2 Å². The van der Waals surface area contributed by atoms with E-state index in [2.05, 4.69) is 5.32 Å². The van der Waals surface area contributed by atoms with E-state index in [1.807, 2.05) is 18.2 Å². The molecule has 1 aliphatic heterocycles. The standard InChI is InChI=1S/C15H19NO4/c17-15(18)11-2-1-3-12(7-11)16-8-10-4-5-13-14(6-10)20-9-19-13/h4-6,11-12,16H,1-3,7-9H2,(H,17,18). The molecule has 0 radical (unpaired) electrons. The number of ether oxygens (including phenoxy) is 2. The normalized spacial score (nSPS) is 24.6. The van der Waals surface area contributed by atoms with E-state index in [0.29, 0.717) is 0 Å². The molecule has 0 spiro atoms. The van der Waals surface area contributed by atoms with Gasteiger partial charge in [0.2, 0.25) is 6.79 Å². The third-order valence-corrected chi connectivity index (χ3v) is 4.06. The van der Waals surface area contributed by atoms with Crippen LogP contribution in [0.1, 0.15) is 31.2 Å². The van der Waals surface area contributed by atoms with Gasteiger partial charge in [0.05, 0.1) is 5.92 Å². The lowest BCUT2D eigenvalue weighted by atomic mass is 9.86. The molecule has 5 nitrogen and oxygen atoms in total. The Balaban J connectivity index is 1.55. The average Bonchev–Trinajstić information content (AvgIpc) is 2.93. The molecule has 0 bridgehead atoms. The maximum Gasteiger partial charge on any atom is 0.306 e. The molecule has 1 heterocycles. The molecular weight excluding hydrogens is 258 g/mol. The highest BCUT2D eigenvalue weighted by Crippen LogP contribution is 2.32. The SMILES string of the molecule is O=C(O)C1CCCC(NCc2ccc3c(c2)OCO3)C1. The van der Waals surface area contributed by atoms with E-state index in [-0.39, 0.29) is 18.8 Å². The Hall–Kier alpha value is -1.75. The van der Waals surface area contributed by atoms with Gasteiger partial charge in [0.15, 0.2) is 11.5 Å². The molecule has 2 aliphatic rings. The van der Waals surface area contributed by atoms with Crippen LogP contribution in [-0.2, 0) is 11.3 Å². The summed E-state index contributed by atoms with van der Waals surface area (Å²) in [5.41, 5.74) is 1.13. The van der Waals surface area contributed by atoms with Crippen molar-refractivity contribution in [2.24, 2.45) is 5.92 Å². The quantitative estimate of drug-likeness (QED) is 0.882. The van der Waals surface area contributed by atoms with Gasteiger partial charge < -0.3 is 19.9 Å². The van der Waals surface area contributed by atoms with Gasteiger partial charge in [-0.2, -0.15) is 0 Å². The monoisotopic (exact) mass is 277 g/mol. The second-order valence-corrected chi connectivity index (χ2v) is 5.47. The van der Waals surface area contributed by atoms with E-state index in [1.165, 1.54) is 0 Å². The van der Waals surface area contributed by atoms with Crippen LogP contribution in [0, 0.1) is 5.92 Å². The fourth-order valence-electron chi connectivity index (χ4n) is 2.91. The largest absolute Gasteiger partial charge is 0.481 e. The van der Waals surface area contributed by atoms with E-state index in [1.54, 1.807) is 0 Å². The van der Waals surface area contributed by atoms with Crippen LogP contribution >= 0.6 is 0 Å². The number of aliphatic carboxylic acids is 1. The van der Waals surface area contributed by atoms with Crippen molar-refractivity contribution in [2.45, 2.75) is 38.3 Å². The van der Waals surface area contributed by atoms with Gasteiger partial charge in [-0.25, -0.2) is 0 Å². The molecule has 108 valence electrons. The number of hydrogen-bond acceptors (Lipinski definition) is 4. The Morgan fingerprint density at radius 3 is 3.00 bits per heavy atom. The zero-order chi connectivity index (χ0) is 13.9. The second-order valence-electron chi connectivity index (χ2n) is 5.47. The van der Waals surface area contributed by atoms with E-state index in [4.69, 9.17) is 14.6 Å². The van der Waals surface area contributed by atoms with E-state index in [9.17, 15) is 4.79 Å². The van der Waals surface area contributed by atoms with Gasteiger partial charge in [-0.3, -0.25) is 4.79 Å². The van der Waals surface area contributed by atoms with Crippen molar-refractivity contribution in [1.29, 1.82) is 0 Å². The van der Waals surface area contributed by atoms with Crippen LogP contribution < -0.4 is 14.8 Å². The van der Waals surface area contributed by atoms with Crippen molar-refractivity contribution in [1.82, 2.24) is 5.32 Å². The molecule has 20 heavy (non-hydrogen) atoms. The smallest absolute Gasteiger partial charge is 0.306 e. The summed E-state index contributed by atoms with van der Waals surface area (Å²) < 4.78 is 10.6. The Labute approximate surface area is 117 Å². The zero-order valence-electron chi connectivity index (χ0n) is 11.3. The number of benzene rings is 1. The molecule has 1 aromatic carbocycles. The van der Waals surface area contributed by atoms with Gasteiger partial charge in [0, 0.05) is 12.6 Å². The predicted octanol–water partition coefficient (Wildman–Crippen LogP) is 2.15. The third kappa shape index (κ3) is 2.88. The predicted molar refractivity (Wildman–Crippen MR) is 72.8 cm³/mol. The zero-order valence-corrected chi connectivity index (χ0v) is 11.3. The molecule has 0 amide bonds. The van der Waals surface area contributed by atoms with Crippen molar-refractivity contribution in [2.75, 3.05) is 6.79 Å². The summed E-state index contributed by atoms with van der Waals surface area (Å²) in [7, 11) is 0. The molecule has 5 heteroatoms. The van der Waals surface area contributed by atoms with E-state index < -0.39 is 5.97 Å². The summed E-state index contributed by atoms with van der Waals surface area (Å²) in [6, 6.07) is 6.20. The maximum atomic E-state index is 11.0. The molecule has 0 saturated heterocycles. The molecule has 1 saturated carbocycles. The van der Waals surface area contributed by atoms with Gasteiger partial charge in [-0.15, -0.1) is 0 Å². The molecule has 2 unspecified atom stereocenters. The first-order valence-electron chi connectivity index (χ1n) is 7.07. The van der Waals surface area contributed by atoms with Crippen molar-refractivity contribution < 1.29 is 19.4 Å². The van der Waals surface area contributed by atoms with Crippen LogP contribution in [0.3, 0.4) is 0 Å². The molecule has 2 N–H and O–H groups in total. The Morgan fingerprint density at radius 2 is 2.15 bits per heavy atom. The highest BCUT2D eigenvalue weighted by atomic mass is 16.7. The van der Waals surface area contributed by atoms with Gasteiger partial charge in [-0.1, -0.05) is 12.5 Å².